The number of rotatable bonds is 6. The number of carbonyl (C=O) groups is 4. The molecule has 0 aliphatic carbocycles. The van der Waals surface area contributed by atoms with E-state index in [1.54, 1.807) is 18.2 Å². The number of ether oxygens (including phenoxy) is 1. The average molecular weight is 423 g/mol. The molecule has 0 saturated carbocycles. The first-order valence-corrected chi connectivity index (χ1v) is 10.0. The zero-order valence-electron chi connectivity index (χ0n) is 16.9. The first-order valence-electron chi connectivity index (χ1n) is 10.0. The third-order valence-electron chi connectivity index (χ3n) is 5.10. The van der Waals surface area contributed by atoms with Gasteiger partial charge >= 0.3 is 0 Å². The Hall–Kier alpha value is -3.82. The molecular formula is C21H21N5O5. The molecule has 1 fully saturated rings. The number of hydrogen-bond donors (Lipinski definition) is 2. The molecule has 2 aliphatic heterocycles. The van der Waals surface area contributed by atoms with Crippen LogP contribution >= 0.6 is 0 Å². The van der Waals surface area contributed by atoms with Gasteiger partial charge in [0.1, 0.15) is 6.04 Å². The largest absolute Gasteiger partial charge is 0.478 e. The Kier molecular flexibility index (Phi) is 5.61. The molecule has 10 heteroatoms. The molecule has 1 aromatic heterocycles. The number of aromatic nitrogens is 2. The molecular weight excluding hydrogens is 402 g/mol. The molecule has 0 bridgehead atoms. The van der Waals surface area contributed by atoms with E-state index in [0.29, 0.717) is 29.2 Å². The Bertz CT molecular complexity index is 1070. The fraction of sp³-hybridized carbons (Fsp3) is 0.333. The van der Waals surface area contributed by atoms with Crippen molar-refractivity contribution in [3.63, 3.8) is 0 Å². The maximum atomic E-state index is 12.7. The number of benzene rings is 1. The summed E-state index contributed by atoms with van der Waals surface area (Å²) in [4.78, 5) is 58.5. The van der Waals surface area contributed by atoms with Crippen molar-refractivity contribution in [3.05, 3.63) is 47.2 Å². The molecule has 3 heterocycles. The molecule has 2 aliphatic rings. The summed E-state index contributed by atoms with van der Waals surface area (Å²) >= 11 is 0. The summed E-state index contributed by atoms with van der Waals surface area (Å²) in [5.41, 5.74) is 1.41. The van der Waals surface area contributed by atoms with E-state index in [4.69, 9.17) is 4.74 Å². The number of amides is 4. The monoisotopic (exact) mass is 423 g/mol. The summed E-state index contributed by atoms with van der Waals surface area (Å²) in [7, 11) is 0. The quantitative estimate of drug-likeness (QED) is 0.669. The molecule has 4 amide bonds. The van der Waals surface area contributed by atoms with Crippen molar-refractivity contribution in [2.75, 3.05) is 11.9 Å². The Morgan fingerprint density at radius 1 is 1.29 bits per heavy atom. The predicted octanol–water partition coefficient (Wildman–Crippen LogP) is 1.28. The second-order valence-corrected chi connectivity index (χ2v) is 7.29. The summed E-state index contributed by atoms with van der Waals surface area (Å²) in [6, 6.07) is 5.63. The van der Waals surface area contributed by atoms with E-state index in [9.17, 15) is 19.2 Å². The van der Waals surface area contributed by atoms with Gasteiger partial charge in [0.2, 0.25) is 23.6 Å². The topological polar surface area (TPSA) is 131 Å². The van der Waals surface area contributed by atoms with Gasteiger partial charge in [-0.15, -0.1) is 0 Å². The molecule has 160 valence electrons. The van der Waals surface area contributed by atoms with Gasteiger partial charge in [-0.3, -0.25) is 29.8 Å². The molecule has 2 N–H and O–H groups in total. The number of nitrogens with zero attached hydrogens (tertiary/aromatic N) is 3. The Morgan fingerprint density at radius 3 is 2.90 bits per heavy atom. The fourth-order valence-electron chi connectivity index (χ4n) is 3.58. The van der Waals surface area contributed by atoms with E-state index < -0.39 is 17.9 Å². The Morgan fingerprint density at radius 2 is 2.13 bits per heavy atom. The van der Waals surface area contributed by atoms with Crippen molar-refractivity contribution in [3.8, 4) is 5.88 Å². The lowest BCUT2D eigenvalue weighted by molar-refractivity contribution is -0.136. The van der Waals surface area contributed by atoms with E-state index in [0.717, 1.165) is 6.42 Å². The molecule has 1 unspecified atom stereocenters. The van der Waals surface area contributed by atoms with Crippen molar-refractivity contribution < 1.29 is 23.9 Å². The van der Waals surface area contributed by atoms with Gasteiger partial charge in [0.05, 0.1) is 6.61 Å². The van der Waals surface area contributed by atoms with Crippen molar-refractivity contribution >= 4 is 29.6 Å². The predicted molar refractivity (Wildman–Crippen MR) is 108 cm³/mol. The summed E-state index contributed by atoms with van der Waals surface area (Å²) in [6.45, 7) is 2.68. The second kappa shape index (κ2) is 8.50. The number of piperidine rings is 1. The van der Waals surface area contributed by atoms with Crippen LogP contribution in [0.5, 0.6) is 5.88 Å². The van der Waals surface area contributed by atoms with Crippen LogP contribution in [-0.2, 0) is 16.1 Å². The first-order chi connectivity index (χ1) is 15.0. The van der Waals surface area contributed by atoms with Crippen molar-refractivity contribution in [2.24, 2.45) is 0 Å². The second-order valence-electron chi connectivity index (χ2n) is 7.29. The van der Waals surface area contributed by atoms with E-state index in [1.807, 2.05) is 6.92 Å². The molecule has 1 atom stereocenters. The summed E-state index contributed by atoms with van der Waals surface area (Å²) in [6.07, 6.45) is 2.79. The zero-order valence-corrected chi connectivity index (χ0v) is 16.9. The van der Waals surface area contributed by atoms with Crippen LogP contribution < -0.4 is 15.4 Å². The number of imide groups is 1. The van der Waals surface area contributed by atoms with E-state index >= 15 is 0 Å². The minimum absolute atomic E-state index is 0.111. The minimum atomic E-state index is -0.700. The van der Waals surface area contributed by atoms with E-state index in [1.165, 1.54) is 17.2 Å². The van der Waals surface area contributed by atoms with Crippen molar-refractivity contribution in [1.29, 1.82) is 0 Å². The molecule has 10 nitrogen and oxygen atoms in total. The summed E-state index contributed by atoms with van der Waals surface area (Å²) in [5, 5.41) is 4.89. The fourth-order valence-corrected chi connectivity index (χ4v) is 3.58. The lowest BCUT2D eigenvalue weighted by Gasteiger charge is -2.29. The van der Waals surface area contributed by atoms with Gasteiger partial charge in [-0.2, -0.15) is 4.98 Å². The highest BCUT2D eigenvalue weighted by molar-refractivity contribution is 6.07. The molecule has 4 rings (SSSR count). The molecule has 2 aromatic rings. The van der Waals surface area contributed by atoms with Crippen LogP contribution in [0.15, 0.2) is 30.5 Å². The van der Waals surface area contributed by atoms with Gasteiger partial charge < -0.3 is 9.64 Å². The molecule has 0 radical (unpaired) electrons. The SMILES string of the molecule is CCCOc1ccnc(NC(=O)c2ccc3c(c2)CN(C2CCC(=O)NC2=O)C3=O)n1. The van der Waals surface area contributed by atoms with Crippen LogP contribution in [0.3, 0.4) is 0 Å². The van der Waals surface area contributed by atoms with Crippen LogP contribution in [0.1, 0.15) is 52.5 Å². The van der Waals surface area contributed by atoms with Gasteiger partial charge in [0.15, 0.2) is 0 Å². The molecule has 1 saturated heterocycles. The van der Waals surface area contributed by atoms with E-state index in [2.05, 4.69) is 20.6 Å². The number of fused-ring (bicyclic) bond motifs is 1. The van der Waals surface area contributed by atoms with Gasteiger partial charge in [0, 0.05) is 36.4 Å². The minimum Gasteiger partial charge on any atom is -0.478 e. The first kappa shape index (κ1) is 20.5. The van der Waals surface area contributed by atoms with Gasteiger partial charge in [-0.05, 0) is 36.6 Å². The lowest BCUT2D eigenvalue weighted by atomic mass is 10.0. The highest BCUT2D eigenvalue weighted by atomic mass is 16.5. The number of hydrogen-bond acceptors (Lipinski definition) is 7. The van der Waals surface area contributed by atoms with Crippen LogP contribution in [-0.4, -0.2) is 51.1 Å². The van der Waals surface area contributed by atoms with Gasteiger partial charge in [-0.1, -0.05) is 6.92 Å². The zero-order chi connectivity index (χ0) is 22.0. The van der Waals surface area contributed by atoms with Crippen molar-refractivity contribution in [1.82, 2.24) is 20.2 Å². The van der Waals surface area contributed by atoms with E-state index in [-0.39, 0.29) is 37.1 Å². The third-order valence-corrected chi connectivity index (χ3v) is 5.10. The maximum Gasteiger partial charge on any atom is 0.258 e. The molecule has 0 spiro atoms. The number of anilines is 1. The van der Waals surface area contributed by atoms with Crippen LogP contribution in [0.2, 0.25) is 0 Å². The van der Waals surface area contributed by atoms with Gasteiger partial charge in [-0.25, -0.2) is 4.98 Å². The average Bonchev–Trinajstić information content (AvgIpc) is 3.08. The van der Waals surface area contributed by atoms with Crippen LogP contribution in [0.25, 0.3) is 0 Å². The number of nitrogens with one attached hydrogen (secondary N) is 2. The highest BCUT2D eigenvalue weighted by Gasteiger charge is 2.39. The Labute approximate surface area is 178 Å². The Balaban J connectivity index is 1.47. The number of carbonyl (C=O) groups excluding carboxylic acids is 4. The lowest BCUT2D eigenvalue weighted by Crippen LogP contribution is -2.52. The normalized spacial score (nSPS) is 17.9. The van der Waals surface area contributed by atoms with Crippen LogP contribution in [0.4, 0.5) is 5.95 Å². The van der Waals surface area contributed by atoms with Gasteiger partial charge in [0.25, 0.3) is 11.8 Å². The summed E-state index contributed by atoms with van der Waals surface area (Å²) < 4.78 is 5.44. The highest BCUT2D eigenvalue weighted by Crippen LogP contribution is 2.28. The smallest absolute Gasteiger partial charge is 0.258 e. The summed E-state index contributed by atoms with van der Waals surface area (Å²) in [5.74, 6) is -1.05. The van der Waals surface area contributed by atoms with Crippen molar-refractivity contribution in [2.45, 2.75) is 38.8 Å². The van der Waals surface area contributed by atoms with Crippen LogP contribution in [0, 0.1) is 0 Å². The molecule has 31 heavy (non-hydrogen) atoms. The maximum absolute atomic E-state index is 12.7. The third kappa shape index (κ3) is 4.23. The standard InChI is InChI=1S/C21H21N5O5/c1-2-9-31-17-7-8-22-21(24-17)25-18(28)12-3-4-14-13(10-12)11-26(20(14)30)15-5-6-16(27)23-19(15)29/h3-4,7-8,10,15H,2,5-6,9,11H2,1H3,(H,23,27,29)(H,22,24,25,28). The molecule has 1 aromatic carbocycles.